The van der Waals surface area contributed by atoms with E-state index in [2.05, 4.69) is 5.32 Å². The van der Waals surface area contributed by atoms with Crippen molar-refractivity contribution in [3.8, 4) is 0 Å². The van der Waals surface area contributed by atoms with Crippen molar-refractivity contribution < 1.29 is 19.1 Å². The summed E-state index contributed by atoms with van der Waals surface area (Å²) in [4.78, 5) is 33.6. The van der Waals surface area contributed by atoms with Crippen LogP contribution >= 0.6 is 11.3 Å². The first-order chi connectivity index (χ1) is 9.11. The average Bonchev–Trinajstić information content (AvgIpc) is 2.87. The third-order valence-electron chi connectivity index (χ3n) is 2.15. The first kappa shape index (κ1) is 15.2. The van der Waals surface area contributed by atoms with E-state index in [1.807, 2.05) is 22.1 Å². The summed E-state index contributed by atoms with van der Waals surface area (Å²) in [5.74, 6) is -1.10. The van der Waals surface area contributed by atoms with E-state index in [4.69, 9.17) is 4.74 Å². The van der Waals surface area contributed by atoms with E-state index < -0.39 is 24.5 Å². The molecule has 0 fully saturated rings. The predicted molar refractivity (Wildman–Crippen MR) is 70.8 cm³/mol. The zero-order valence-corrected chi connectivity index (χ0v) is 11.4. The topological polar surface area (TPSA) is 84.5 Å². The van der Waals surface area contributed by atoms with Crippen LogP contribution in [-0.2, 0) is 20.7 Å². The van der Waals surface area contributed by atoms with Crippen LogP contribution in [0.3, 0.4) is 0 Å². The molecule has 0 atom stereocenters. The van der Waals surface area contributed by atoms with Crippen LogP contribution in [0.15, 0.2) is 16.8 Å². The van der Waals surface area contributed by atoms with Crippen molar-refractivity contribution in [1.82, 2.24) is 10.6 Å². The first-order valence-corrected chi connectivity index (χ1v) is 6.80. The second-order valence-electron chi connectivity index (χ2n) is 3.70. The zero-order valence-electron chi connectivity index (χ0n) is 10.6. The third kappa shape index (κ3) is 6.56. The number of hydrogen-bond donors (Lipinski definition) is 2. The lowest BCUT2D eigenvalue weighted by Crippen LogP contribution is -2.41. The normalized spacial score (nSPS) is 9.74. The van der Waals surface area contributed by atoms with Crippen molar-refractivity contribution in [2.45, 2.75) is 19.8 Å². The molecule has 0 aliphatic carbocycles. The highest BCUT2D eigenvalue weighted by Crippen LogP contribution is 2.08. The number of esters is 1. The largest absolute Gasteiger partial charge is 0.456 e. The van der Waals surface area contributed by atoms with Gasteiger partial charge in [0.1, 0.15) is 0 Å². The molecule has 1 aromatic rings. The molecule has 0 spiro atoms. The van der Waals surface area contributed by atoms with Gasteiger partial charge in [-0.1, -0.05) is 0 Å². The van der Waals surface area contributed by atoms with Crippen molar-refractivity contribution in [1.29, 1.82) is 0 Å². The predicted octanol–water partition coefficient (Wildman–Crippen LogP) is 1.07. The van der Waals surface area contributed by atoms with Crippen molar-refractivity contribution in [3.63, 3.8) is 0 Å². The summed E-state index contributed by atoms with van der Waals surface area (Å²) in [6, 6.07) is 1.33. The number of nitrogens with one attached hydrogen (secondary N) is 2. The SMILES string of the molecule is CCNC(=O)NC(=O)COC(=O)CCc1ccsc1. The Morgan fingerprint density at radius 2 is 2.16 bits per heavy atom. The molecule has 19 heavy (non-hydrogen) atoms. The van der Waals surface area contributed by atoms with Gasteiger partial charge in [0, 0.05) is 13.0 Å². The van der Waals surface area contributed by atoms with E-state index in [0.29, 0.717) is 13.0 Å². The number of thiophene rings is 1. The van der Waals surface area contributed by atoms with Gasteiger partial charge in [0.15, 0.2) is 6.61 Å². The van der Waals surface area contributed by atoms with Crippen LogP contribution in [0.1, 0.15) is 18.9 Å². The molecule has 1 heterocycles. The number of hydrogen-bond acceptors (Lipinski definition) is 5. The molecule has 2 N–H and O–H groups in total. The Labute approximate surface area is 115 Å². The number of urea groups is 1. The molecular formula is C12H16N2O4S. The van der Waals surface area contributed by atoms with Gasteiger partial charge in [-0.25, -0.2) is 4.79 Å². The molecule has 0 bridgehead atoms. The van der Waals surface area contributed by atoms with E-state index in [0.717, 1.165) is 5.56 Å². The van der Waals surface area contributed by atoms with Gasteiger partial charge >= 0.3 is 12.0 Å². The summed E-state index contributed by atoms with van der Waals surface area (Å²) >= 11 is 1.56. The molecule has 6 nitrogen and oxygen atoms in total. The fourth-order valence-corrected chi connectivity index (χ4v) is 1.97. The van der Waals surface area contributed by atoms with Gasteiger partial charge in [-0.2, -0.15) is 11.3 Å². The molecule has 0 aliphatic rings. The monoisotopic (exact) mass is 284 g/mol. The first-order valence-electron chi connectivity index (χ1n) is 5.86. The molecule has 0 radical (unpaired) electrons. The molecule has 0 saturated heterocycles. The van der Waals surface area contributed by atoms with Gasteiger partial charge in [0.25, 0.3) is 5.91 Å². The Hall–Kier alpha value is -1.89. The maximum Gasteiger partial charge on any atom is 0.321 e. The van der Waals surface area contributed by atoms with Crippen LogP contribution in [-0.4, -0.2) is 31.1 Å². The minimum absolute atomic E-state index is 0.213. The van der Waals surface area contributed by atoms with Crippen LogP contribution in [0.5, 0.6) is 0 Å². The standard InChI is InChI=1S/C12H16N2O4S/c1-2-13-12(17)14-10(15)7-18-11(16)4-3-9-5-6-19-8-9/h5-6,8H,2-4,7H2,1H3,(H2,13,14,15,17). The van der Waals surface area contributed by atoms with Gasteiger partial charge in [0.2, 0.25) is 0 Å². The van der Waals surface area contributed by atoms with Crippen LogP contribution in [0.25, 0.3) is 0 Å². The van der Waals surface area contributed by atoms with Gasteiger partial charge in [-0.3, -0.25) is 14.9 Å². The van der Waals surface area contributed by atoms with Crippen LogP contribution < -0.4 is 10.6 Å². The summed E-state index contributed by atoms with van der Waals surface area (Å²) in [5.41, 5.74) is 1.06. The van der Waals surface area contributed by atoms with Crippen LogP contribution in [0, 0.1) is 0 Å². The van der Waals surface area contributed by atoms with E-state index in [9.17, 15) is 14.4 Å². The lowest BCUT2D eigenvalue weighted by atomic mass is 10.2. The van der Waals surface area contributed by atoms with Crippen molar-refractivity contribution in [2.24, 2.45) is 0 Å². The Morgan fingerprint density at radius 1 is 1.37 bits per heavy atom. The van der Waals surface area contributed by atoms with Crippen molar-refractivity contribution >= 4 is 29.2 Å². The maximum atomic E-state index is 11.4. The summed E-state index contributed by atoms with van der Waals surface area (Å²) < 4.78 is 4.75. The number of aryl methyl sites for hydroxylation is 1. The number of imide groups is 1. The van der Waals surface area contributed by atoms with Crippen molar-refractivity contribution in [2.75, 3.05) is 13.2 Å². The van der Waals surface area contributed by atoms with Gasteiger partial charge in [0.05, 0.1) is 0 Å². The minimum Gasteiger partial charge on any atom is -0.456 e. The lowest BCUT2D eigenvalue weighted by Gasteiger charge is -2.05. The molecule has 104 valence electrons. The van der Waals surface area contributed by atoms with Crippen LogP contribution in [0.4, 0.5) is 4.79 Å². The Kier molecular flexibility index (Phi) is 6.59. The van der Waals surface area contributed by atoms with E-state index in [1.54, 1.807) is 18.3 Å². The van der Waals surface area contributed by atoms with E-state index >= 15 is 0 Å². The Balaban J connectivity index is 2.15. The highest BCUT2D eigenvalue weighted by molar-refractivity contribution is 7.07. The molecule has 1 rings (SSSR count). The second kappa shape index (κ2) is 8.25. The summed E-state index contributed by atoms with van der Waals surface area (Å²) in [5, 5.41) is 8.32. The fourth-order valence-electron chi connectivity index (χ4n) is 1.27. The average molecular weight is 284 g/mol. The maximum absolute atomic E-state index is 11.4. The van der Waals surface area contributed by atoms with Gasteiger partial charge in [-0.05, 0) is 35.7 Å². The van der Waals surface area contributed by atoms with E-state index in [1.165, 1.54) is 0 Å². The molecule has 0 unspecified atom stereocenters. The number of ether oxygens (including phenoxy) is 1. The Morgan fingerprint density at radius 3 is 2.79 bits per heavy atom. The number of amides is 3. The number of carbonyl (C=O) groups excluding carboxylic acids is 3. The summed E-state index contributed by atoms with van der Waals surface area (Å²) in [6.45, 7) is 1.70. The molecule has 0 aromatic carbocycles. The lowest BCUT2D eigenvalue weighted by molar-refractivity contribution is -0.148. The molecule has 0 saturated carbocycles. The quantitative estimate of drug-likeness (QED) is 0.765. The number of rotatable bonds is 6. The smallest absolute Gasteiger partial charge is 0.321 e. The summed E-state index contributed by atoms with van der Waals surface area (Å²) in [6.07, 6.45) is 0.797. The van der Waals surface area contributed by atoms with Gasteiger partial charge in [-0.15, -0.1) is 0 Å². The highest BCUT2D eigenvalue weighted by Gasteiger charge is 2.10. The third-order valence-corrected chi connectivity index (χ3v) is 2.88. The Bertz CT molecular complexity index is 431. The highest BCUT2D eigenvalue weighted by atomic mass is 32.1. The molecule has 1 aromatic heterocycles. The second-order valence-corrected chi connectivity index (χ2v) is 4.48. The number of carbonyl (C=O) groups is 3. The van der Waals surface area contributed by atoms with Crippen LogP contribution in [0.2, 0.25) is 0 Å². The van der Waals surface area contributed by atoms with Crippen molar-refractivity contribution in [3.05, 3.63) is 22.4 Å². The fraction of sp³-hybridized carbons (Fsp3) is 0.417. The minimum atomic E-state index is -0.644. The molecule has 7 heteroatoms. The van der Waals surface area contributed by atoms with E-state index in [-0.39, 0.29) is 6.42 Å². The molecule has 3 amide bonds. The summed E-state index contributed by atoms with van der Waals surface area (Å²) in [7, 11) is 0. The molecular weight excluding hydrogens is 268 g/mol. The van der Waals surface area contributed by atoms with Gasteiger partial charge < -0.3 is 10.1 Å². The molecule has 0 aliphatic heterocycles. The zero-order chi connectivity index (χ0) is 14.1.